The number of anilines is 1. The third-order valence-corrected chi connectivity index (χ3v) is 7.48. The Balaban J connectivity index is 1.34. The maximum absolute atomic E-state index is 12.3. The van der Waals surface area contributed by atoms with Gasteiger partial charge in [-0.15, -0.1) is 22.7 Å². The fourth-order valence-corrected chi connectivity index (χ4v) is 5.52. The number of hydrogen-bond acceptors (Lipinski definition) is 7. The van der Waals surface area contributed by atoms with Gasteiger partial charge in [0.2, 0.25) is 5.91 Å². The van der Waals surface area contributed by atoms with Gasteiger partial charge in [-0.1, -0.05) is 35.0 Å². The van der Waals surface area contributed by atoms with Gasteiger partial charge in [-0.05, 0) is 42.5 Å². The van der Waals surface area contributed by atoms with E-state index in [2.05, 4.69) is 15.3 Å². The lowest BCUT2D eigenvalue weighted by Gasteiger charge is -2.02. The van der Waals surface area contributed by atoms with Crippen LogP contribution < -0.4 is 10.1 Å². The molecule has 0 aliphatic heterocycles. The number of nitrogens with zero attached hydrogens (tertiary/aromatic N) is 2. The van der Waals surface area contributed by atoms with Gasteiger partial charge in [-0.3, -0.25) is 4.79 Å². The fraction of sp³-hybridized carbons (Fsp3) is 0.0952. The van der Waals surface area contributed by atoms with Gasteiger partial charge in [0, 0.05) is 26.9 Å². The van der Waals surface area contributed by atoms with Crippen LogP contribution in [-0.2, 0) is 4.79 Å². The van der Waals surface area contributed by atoms with Crippen molar-refractivity contribution in [3.8, 4) is 28.3 Å². The molecule has 0 atom stereocenters. The van der Waals surface area contributed by atoms with E-state index in [9.17, 15) is 4.79 Å². The highest BCUT2D eigenvalue weighted by Crippen LogP contribution is 2.34. The van der Waals surface area contributed by atoms with Crippen LogP contribution in [-0.4, -0.2) is 28.7 Å². The zero-order valence-corrected chi connectivity index (χ0v) is 20.1. The molecule has 158 valence electrons. The van der Waals surface area contributed by atoms with Crippen LogP contribution in [0.3, 0.4) is 0 Å². The lowest BCUT2D eigenvalue weighted by atomic mass is 10.2. The van der Waals surface area contributed by atoms with Gasteiger partial charge in [0.05, 0.1) is 29.3 Å². The Hall–Kier alpha value is -2.10. The van der Waals surface area contributed by atoms with Gasteiger partial charge in [-0.2, -0.15) is 0 Å². The number of amides is 1. The van der Waals surface area contributed by atoms with Crippen LogP contribution in [0.4, 0.5) is 5.13 Å². The Morgan fingerprint density at radius 3 is 2.58 bits per heavy atom. The molecule has 0 radical (unpaired) electrons. The average Bonchev–Trinajstić information content (AvgIpc) is 3.42. The summed E-state index contributed by atoms with van der Waals surface area (Å²) in [7, 11) is 1.63. The summed E-state index contributed by atoms with van der Waals surface area (Å²) < 4.78 is 5.96. The van der Waals surface area contributed by atoms with Crippen LogP contribution in [0.25, 0.3) is 22.5 Å². The van der Waals surface area contributed by atoms with Crippen LogP contribution in [0.15, 0.2) is 57.6 Å². The number of ether oxygens (including phenoxy) is 1. The molecule has 5 nitrogen and oxygen atoms in total. The summed E-state index contributed by atoms with van der Waals surface area (Å²) in [6, 6.07) is 12.9. The highest BCUT2D eigenvalue weighted by molar-refractivity contribution is 8.01. The van der Waals surface area contributed by atoms with Gasteiger partial charge in [0.1, 0.15) is 5.75 Å². The van der Waals surface area contributed by atoms with Gasteiger partial charge in [0.15, 0.2) is 9.47 Å². The fourth-order valence-electron chi connectivity index (χ4n) is 2.65. The number of thiazole rings is 2. The molecule has 1 amide bonds. The highest BCUT2D eigenvalue weighted by Gasteiger charge is 2.12. The first-order chi connectivity index (χ1) is 15.0. The second-order valence-corrected chi connectivity index (χ2v) is 10.0. The van der Waals surface area contributed by atoms with Crippen molar-refractivity contribution in [3.05, 3.63) is 63.3 Å². The maximum atomic E-state index is 12.3. The summed E-state index contributed by atoms with van der Waals surface area (Å²) in [5.41, 5.74) is 3.34. The predicted octanol–water partition coefficient (Wildman–Crippen LogP) is 6.98. The van der Waals surface area contributed by atoms with Crippen molar-refractivity contribution in [1.29, 1.82) is 0 Å². The van der Waals surface area contributed by atoms with Crippen molar-refractivity contribution in [2.45, 2.75) is 4.34 Å². The number of nitrogens with one attached hydrogen (secondary N) is 1. The van der Waals surface area contributed by atoms with Crippen molar-refractivity contribution < 1.29 is 9.53 Å². The average molecular weight is 508 g/mol. The number of carbonyl (C=O) groups excluding carboxylic acids is 1. The van der Waals surface area contributed by atoms with Gasteiger partial charge in [0.25, 0.3) is 0 Å². The number of methoxy groups -OCH3 is 1. The smallest absolute Gasteiger partial charge is 0.236 e. The zero-order valence-electron chi connectivity index (χ0n) is 16.1. The summed E-state index contributed by atoms with van der Waals surface area (Å²) in [5.74, 6) is 0.883. The molecular weight excluding hydrogens is 493 g/mol. The number of thioether (sulfide) groups is 1. The van der Waals surface area contributed by atoms with Gasteiger partial charge >= 0.3 is 0 Å². The van der Waals surface area contributed by atoms with Gasteiger partial charge < -0.3 is 10.1 Å². The molecule has 10 heteroatoms. The lowest BCUT2D eigenvalue weighted by molar-refractivity contribution is -0.113. The number of hydrogen-bond donors (Lipinski definition) is 1. The van der Waals surface area contributed by atoms with E-state index in [1.165, 1.54) is 34.4 Å². The molecule has 0 unspecified atom stereocenters. The molecule has 4 rings (SSSR count). The first-order valence-electron chi connectivity index (χ1n) is 8.95. The molecule has 0 fully saturated rings. The van der Waals surface area contributed by atoms with E-state index in [-0.39, 0.29) is 11.7 Å². The SMILES string of the molecule is COc1ccc(-c2csc(NC(=O)CSc3nc(-c4ccc(Cl)cc4Cl)cs3)n2)cc1. The summed E-state index contributed by atoms with van der Waals surface area (Å²) in [4.78, 5) is 21.4. The molecule has 0 aliphatic rings. The van der Waals surface area contributed by atoms with Crippen LogP contribution in [0.1, 0.15) is 0 Å². The van der Waals surface area contributed by atoms with Crippen molar-refractivity contribution in [2.75, 3.05) is 18.2 Å². The molecule has 0 saturated carbocycles. The van der Waals surface area contributed by atoms with Crippen LogP contribution >= 0.6 is 57.6 Å². The highest BCUT2D eigenvalue weighted by atomic mass is 35.5. The van der Waals surface area contributed by atoms with Gasteiger partial charge in [-0.25, -0.2) is 9.97 Å². The minimum absolute atomic E-state index is 0.137. The van der Waals surface area contributed by atoms with E-state index in [0.29, 0.717) is 15.2 Å². The minimum Gasteiger partial charge on any atom is -0.497 e. The topological polar surface area (TPSA) is 64.1 Å². The maximum Gasteiger partial charge on any atom is 0.236 e. The monoisotopic (exact) mass is 507 g/mol. The van der Waals surface area contributed by atoms with Crippen molar-refractivity contribution >= 4 is 68.7 Å². The van der Waals surface area contributed by atoms with Crippen LogP contribution in [0.5, 0.6) is 5.75 Å². The Morgan fingerprint density at radius 1 is 1.06 bits per heavy atom. The van der Waals surface area contributed by atoms with E-state index in [1.807, 2.05) is 41.1 Å². The number of carbonyl (C=O) groups is 1. The Kier molecular flexibility index (Phi) is 7.14. The minimum atomic E-state index is -0.137. The third kappa shape index (κ3) is 5.58. The summed E-state index contributed by atoms with van der Waals surface area (Å²) >= 11 is 16.4. The van der Waals surface area contributed by atoms with Crippen molar-refractivity contribution in [1.82, 2.24) is 9.97 Å². The first-order valence-corrected chi connectivity index (χ1v) is 12.5. The second kappa shape index (κ2) is 10.0. The summed E-state index contributed by atoms with van der Waals surface area (Å²) in [5, 5.41) is 8.35. The molecule has 2 aromatic carbocycles. The van der Waals surface area contributed by atoms with E-state index < -0.39 is 0 Å². The van der Waals surface area contributed by atoms with E-state index >= 15 is 0 Å². The molecule has 4 aromatic rings. The Bertz CT molecular complexity index is 1210. The molecule has 0 bridgehead atoms. The molecule has 31 heavy (non-hydrogen) atoms. The summed E-state index contributed by atoms with van der Waals surface area (Å²) in [6.45, 7) is 0. The molecule has 0 aliphatic carbocycles. The molecular formula is C21H15Cl2N3O2S3. The standard InChI is InChI=1S/C21H15Cl2N3O2S3/c1-28-14-5-2-12(3-6-14)17-9-29-20(24-17)26-19(27)11-31-21-25-18(10-30-21)15-7-4-13(22)8-16(15)23/h2-10H,11H2,1H3,(H,24,26,27). The van der Waals surface area contributed by atoms with Crippen molar-refractivity contribution in [2.24, 2.45) is 0 Å². The van der Waals surface area contributed by atoms with Crippen LogP contribution in [0, 0.1) is 0 Å². The number of rotatable bonds is 7. The zero-order chi connectivity index (χ0) is 21.8. The number of halogens is 2. The Labute approximate surface area is 201 Å². The molecule has 0 saturated heterocycles. The van der Waals surface area contributed by atoms with Crippen molar-refractivity contribution in [3.63, 3.8) is 0 Å². The normalized spacial score (nSPS) is 10.8. The predicted molar refractivity (Wildman–Crippen MR) is 131 cm³/mol. The number of aromatic nitrogens is 2. The van der Waals surface area contributed by atoms with E-state index in [0.717, 1.165) is 32.6 Å². The first kappa shape index (κ1) is 22.1. The largest absolute Gasteiger partial charge is 0.497 e. The summed E-state index contributed by atoms with van der Waals surface area (Å²) in [6.07, 6.45) is 0. The lowest BCUT2D eigenvalue weighted by Crippen LogP contribution is -2.13. The molecule has 0 spiro atoms. The third-order valence-electron chi connectivity index (χ3n) is 4.15. The van der Waals surface area contributed by atoms with Crippen LogP contribution in [0.2, 0.25) is 10.0 Å². The Morgan fingerprint density at radius 2 is 1.84 bits per heavy atom. The molecule has 2 heterocycles. The molecule has 2 aromatic heterocycles. The van der Waals surface area contributed by atoms with E-state index in [4.69, 9.17) is 27.9 Å². The second-order valence-electron chi connectivity index (χ2n) is 6.23. The quantitative estimate of drug-likeness (QED) is 0.273. The number of benzene rings is 2. The van der Waals surface area contributed by atoms with E-state index in [1.54, 1.807) is 19.2 Å². The molecule has 1 N–H and O–H groups in total.